The molecule has 5 aromatic rings. The van der Waals surface area contributed by atoms with E-state index in [1.165, 1.54) is 10.4 Å². The number of hydrogen-bond donors (Lipinski definition) is 0. The maximum atomic E-state index is 4.93. The Bertz CT molecular complexity index is 1340. The number of fused-ring (bicyclic) bond motifs is 3. The van der Waals surface area contributed by atoms with Crippen molar-refractivity contribution in [1.29, 1.82) is 0 Å². The van der Waals surface area contributed by atoms with Gasteiger partial charge in [0.25, 0.3) is 0 Å². The number of hydrogen-bond acceptors (Lipinski definition) is 6. The summed E-state index contributed by atoms with van der Waals surface area (Å²) in [7, 11) is 0. The van der Waals surface area contributed by atoms with Crippen molar-refractivity contribution in [3.8, 4) is 0 Å². The molecule has 0 aliphatic carbocycles. The van der Waals surface area contributed by atoms with E-state index in [0.717, 1.165) is 53.0 Å². The highest BCUT2D eigenvalue weighted by Crippen LogP contribution is 2.27. The van der Waals surface area contributed by atoms with E-state index in [0.29, 0.717) is 6.54 Å². The number of pyridine rings is 2. The number of anilines is 1. The van der Waals surface area contributed by atoms with Gasteiger partial charge in [0.2, 0.25) is 0 Å². The van der Waals surface area contributed by atoms with E-state index in [1.54, 1.807) is 0 Å². The van der Waals surface area contributed by atoms with Crippen LogP contribution in [0.15, 0.2) is 60.1 Å². The lowest BCUT2D eigenvalue weighted by molar-refractivity contribution is 0.662. The second kappa shape index (κ2) is 6.63. The minimum absolute atomic E-state index is 0.631. The molecule has 0 bridgehead atoms. The molecule has 142 valence electrons. The van der Waals surface area contributed by atoms with Gasteiger partial charge in [-0.25, -0.2) is 9.67 Å². The van der Waals surface area contributed by atoms with E-state index in [-0.39, 0.29) is 0 Å². The van der Waals surface area contributed by atoms with Crippen LogP contribution in [0.5, 0.6) is 0 Å². The van der Waals surface area contributed by atoms with Gasteiger partial charge in [0.1, 0.15) is 11.3 Å². The number of thiophene rings is 1. The van der Waals surface area contributed by atoms with Gasteiger partial charge < -0.3 is 4.90 Å². The molecule has 0 saturated heterocycles. The van der Waals surface area contributed by atoms with Crippen LogP contribution in [0, 0.1) is 0 Å². The summed E-state index contributed by atoms with van der Waals surface area (Å²) in [5.74, 6) is 0.987. The van der Waals surface area contributed by atoms with E-state index >= 15 is 0 Å². The molecule has 4 aromatic heterocycles. The number of aromatic nitrogens is 5. The molecule has 6 rings (SSSR count). The van der Waals surface area contributed by atoms with Crippen molar-refractivity contribution in [3.63, 3.8) is 0 Å². The lowest BCUT2D eigenvalue weighted by Crippen LogP contribution is -2.30. The van der Waals surface area contributed by atoms with E-state index in [2.05, 4.69) is 62.0 Å². The maximum absolute atomic E-state index is 4.93. The summed E-state index contributed by atoms with van der Waals surface area (Å²) in [5, 5.41) is 12.0. The molecule has 0 amide bonds. The third-order valence-electron chi connectivity index (χ3n) is 5.48. The van der Waals surface area contributed by atoms with Crippen molar-refractivity contribution < 1.29 is 0 Å². The van der Waals surface area contributed by atoms with Crippen LogP contribution in [0.2, 0.25) is 0 Å². The molecular weight excluding hydrogens is 380 g/mol. The van der Waals surface area contributed by atoms with Crippen LogP contribution in [-0.4, -0.2) is 31.5 Å². The van der Waals surface area contributed by atoms with Crippen molar-refractivity contribution in [2.45, 2.75) is 19.5 Å². The van der Waals surface area contributed by atoms with Gasteiger partial charge in [-0.1, -0.05) is 17.3 Å². The van der Waals surface area contributed by atoms with Gasteiger partial charge in [-0.15, -0.1) is 16.4 Å². The Morgan fingerprint density at radius 3 is 3.00 bits per heavy atom. The van der Waals surface area contributed by atoms with Gasteiger partial charge in [-0.05, 0) is 59.3 Å². The zero-order chi connectivity index (χ0) is 19.2. The molecule has 1 aliphatic rings. The molecule has 1 aliphatic heterocycles. The van der Waals surface area contributed by atoms with Crippen molar-refractivity contribution in [2.24, 2.45) is 0 Å². The first-order valence-corrected chi connectivity index (χ1v) is 10.6. The zero-order valence-corrected chi connectivity index (χ0v) is 16.5. The monoisotopic (exact) mass is 398 g/mol. The Kier molecular flexibility index (Phi) is 3.80. The van der Waals surface area contributed by atoms with Crippen molar-refractivity contribution in [2.75, 3.05) is 11.4 Å². The summed E-state index contributed by atoms with van der Waals surface area (Å²) < 4.78 is 1.89. The average Bonchev–Trinajstić information content (AvgIpc) is 3.40. The summed E-state index contributed by atoms with van der Waals surface area (Å²) in [6.45, 7) is 2.54. The molecule has 0 N–H and O–H groups in total. The first-order chi connectivity index (χ1) is 14.3. The third-order valence-corrected chi connectivity index (χ3v) is 6.50. The molecule has 0 atom stereocenters. The fourth-order valence-corrected chi connectivity index (χ4v) is 4.86. The standard InChI is InChI=1S/C22H18N6S/c1-2-16-12-15(3-4-18(16)23-9-1)13-28-22-19(25-26-28)5-6-21(24-22)27-10-7-20-17(14-27)8-11-29-20/h1-6,8-9,11-12H,7,10,13-14H2. The first kappa shape index (κ1) is 16.6. The molecule has 0 saturated carbocycles. The van der Waals surface area contributed by atoms with E-state index in [9.17, 15) is 0 Å². The van der Waals surface area contributed by atoms with Gasteiger partial charge in [0.05, 0.1) is 12.1 Å². The van der Waals surface area contributed by atoms with E-state index in [1.807, 2.05) is 34.3 Å². The summed E-state index contributed by atoms with van der Waals surface area (Å²) in [6, 6.07) is 16.6. The van der Waals surface area contributed by atoms with Crippen molar-refractivity contribution in [3.05, 3.63) is 76.1 Å². The maximum Gasteiger partial charge on any atom is 0.180 e. The lowest BCUT2D eigenvalue weighted by Gasteiger charge is -2.27. The molecular formula is C22H18N6S. The summed E-state index contributed by atoms with van der Waals surface area (Å²) in [6.07, 6.45) is 2.90. The van der Waals surface area contributed by atoms with Crippen LogP contribution in [0.4, 0.5) is 5.82 Å². The van der Waals surface area contributed by atoms with Gasteiger partial charge in [0, 0.05) is 29.5 Å². The minimum Gasteiger partial charge on any atom is -0.352 e. The molecule has 0 spiro atoms. The first-order valence-electron chi connectivity index (χ1n) is 9.68. The number of benzene rings is 1. The normalized spacial score (nSPS) is 13.9. The lowest BCUT2D eigenvalue weighted by atomic mass is 10.1. The highest BCUT2D eigenvalue weighted by atomic mass is 32.1. The van der Waals surface area contributed by atoms with Crippen LogP contribution in [0.3, 0.4) is 0 Å². The topological polar surface area (TPSA) is 59.7 Å². The van der Waals surface area contributed by atoms with Crippen LogP contribution >= 0.6 is 11.3 Å². The molecule has 5 heterocycles. The molecule has 6 nitrogen and oxygen atoms in total. The fourth-order valence-electron chi connectivity index (χ4n) is 3.97. The van der Waals surface area contributed by atoms with Crippen molar-refractivity contribution in [1.82, 2.24) is 25.0 Å². The van der Waals surface area contributed by atoms with E-state index < -0.39 is 0 Å². The van der Waals surface area contributed by atoms with Crippen LogP contribution < -0.4 is 4.90 Å². The largest absolute Gasteiger partial charge is 0.352 e. The van der Waals surface area contributed by atoms with Crippen molar-refractivity contribution >= 4 is 39.2 Å². The van der Waals surface area contributed by atoms with E-state index in [4.69, 9.17) is 4.98 Å². The Hall–Kier alpha value is -3.32. The summed E-state index contributed by atoms with van der Waals surface area (Å²) in [5.41, 5.74) is 5.22. The smallest absolute Gasteiger partial charge is 0.180 e. The SMILES string of the molecule is c1cnc2ccc(Cn3nnc4ccc(N5CCc6sccc6C5)nc43)cc2c1. The predicted molar refractivity (Wildman–Crippen MR) is 115 cm³/mol. The predicted octanol–water partition coefficient (Wildman–Crippen LogP) is 4.05. The Morgan fingerprint density at radius 2 is 2.00 bits per heavy atom. The molecule has 1 aromatic carbocycles. The third kappa shape index (κ3) is 2.94. The van der Waals surface area contributed by atoms with Crippen LogP contribution in [0.25, 0.3) is 22.1 Å². The summed E-state index contributed by atoms with van der Waals surface area (Å²) in [4.78, 5) is 13.2. The number of nitrogens with zero attached hydrogens (tertiary/aromatic N) is 6. The Balaban J connectivity index is 1.33. The van der Waals surface area contributed by atoms with Gasteiger partial charge in [0.15, 0.2) is 5.65 Å². The molecule has 0 fully saturated rings. The van der Waals surface area contributed by atoms with Gasteiger partial charge in [-0.2, -0.15) is 0 Å². The second-order valence-corrected chi connectivity index (χ2v) is 8.33. The molecule has 0 radical (unpaired) electrons. The quantitative estimate of drug-likeness (QED) is 0.459. The van der Waals surface area contributed by atoms with Gasteiger partial charge in [-0.3, -0.25) is 4.98 Å². The molecule has 0 unspecified atom stereocenters. The van der Waals surface area contributed by atoms with Crippen LogP contribution in [0.1, 0.15) is 16.0 Å². The Labute approximate surface area is 171 Å². The highest BCUT2D eigenvalue weighted by Gasteiger charge is 2.19. The number of rotatable bonds is 3. The average molecular weight is 398 g/mol. The Morgan fingerprint density at radius 1 is 1.03 bits per heavy atom. The molecule has 7 heteroatoms. The highest BCUT2D eigenvalue weighted by molar-refractivity contribution is 7.10. The molecule has 29 heavy (non-hydrogen) atoms. The summed E-state index contributed by atoms with van der Waals surface area (Å²) >= 11 is 1.86. The fraction of sp³-hybridized carbons (Fsp3) is 0.182. The van der Waals surface area contributed by atoms with Gasteiger partial charge >= 0.3 is 0 Å². The zero-order valence-electron chi connectivity index (χ0n) is 15.7. The van der Waals surface area contributed by atoms with Crippen LogP contribution in [-0.2, 0) is 19.5 Å². The second-order valence-electron chi connectivity index (χ2n) is 7.33. The minimum atomic E-state index is 0.631.